The molecule has 2 amide bonds. The quantitative estimate of drug-likeness (QED) is 0.786. The smallest absolute Gasteiger partial charge is 0.251 e. The molecular formula is C23H30N6O2. The largest absolute Gasteiger partial charge is 0.355 e. The SMILES string of the molecule is CNC(=O)c1ccc(Nc2ncc3c(n2)N(C2CCCC2)CC(C)(C)C(=O)N3C)cc1. The minimum Gasteiger partial charge on any atom is -0.355 e. The van der Waals surface area contributed by atoms with Gasteiger partial charge in [-0.2, -0.15) is 4.98 Å². The first-order valence-electron chi connectivity index (χ1n) is 10.8. The Labute approximate surface area is 183 Å². The van der Waals surface area contributed by atoms with E-state index in [1.807, 2.05) is 26.0 Å². The monoisotopic (exact) mass is 422 g/mol. The Bertz CT molecular complexity index is 982. The zero-order chi connectivity index (χ0) is 22.2. The van der Waals surface area contributed by atoms with E-state index >= 15 is 0 Å². The summed E-state index contributed by atoms with van der Waals surface area (Å²) in [6, 6.07) is 7.54. The lowest BCUT2D eigenvalue weighted by molar-refractivity contribution is -0.125. The second-order valence-electron chi connectivity index (χ2n) is 9.00. The van der Waals surface area contributed by atoms with Crippen LogP contribution in [-0.4, -0.2) is 48.5 Å². The molecule has 2 N–H and O–H groups in total. The van der Waals surface area contributed by atoms with Crippen LogP contribution in [0.5, 0.6) is 0 Å². The summed E-state index contributed by atoms with van der Waals surface area (Å²) in [5.74, 6) is 1.21. The molecule has 0 bridgehead atoms. The molecule has 0 spiro atoms. The Kier molecular flexibility index (Phi) is 5.56. The highest BCUT2D eigenvalue weighted by Crippen LogP contribution is 2.40. The third-order valence-corrected chi connectivity index (χ3v) is 6.23. The van der Waals surface area contributed by atoms with Crippen molar-refractivity contribution < 1.29 is 9.59 Å². The molecule has 8 nitrogen and oxygen atoms in total. The fourth-order valence-electron chi connectivity index (χ4n) is 4.50. The zero-order valence-corrected chi connectivity index (χ0v) is 18.6. The third-order valence-electron chi connectivity index (χ3n) is 6.23. The van der Waals surface area contributed by atoms with E-state index in [-0.39, 0.29) is 11.8 Å². The Morgan fingerprint density at radius 2 is 1.84 bits per heavy atom. The van der Waals surface area contributed by atoms with Crippen molar-refractivity contribution in [2.45, 2.75) is 45.6 Å². The van der Waals surface area contributed by atoms with Gasteiger partial charge in [0.1, 0.15) is 5.69 Å². The van der Waals surface area contributed by atoms with Gasteiger partial charge in [-0.05, 0) is 51.0 Å². The van der Waals surface area contributed by atoms with E-state index < -0.39 is 5.41 Å². The number of nitrogens with zero attached hydrogens (tertiary/aromatic N) is 4. The van der Waals surface area contributed by atoms with E-state index in [0.29, 0.717) is 24.1 Å². The molecular weight excluding hydrogens is 392 g/mol. The zero-order valence-electron chi connectivity index (χ0n) is 18.6. The molecule has 2 aliphatic rings. The fourth-order valence-corrected chi connectivity index (χ4v) is 4.50. The number of hydrogen-bond acceptors (Lipinski definition) is 6. The maximum absolute atomic E-state index is 13.1. The van der Waals surface area contributed by atoms with E-state index in [0.717, 1.165) is 30.0 Å². The average molecular weight is 423 g/mol. The summed E-state index contributed by atoms with van der Waals surface area (Å²) in [5, 5.41) is 5.85. The number of carbonyl (C=O) groups is 2. The van der Waals surface area contributed by atoms with Gasteiger partial charge in [0.15, 0.2) is 5.82 Å². The second kappa shape index (κ2) is 8.17. The van der Waals surface area contributed by atoms with Crippen LogP contribution in [0.3, 0.4) is 0 Å². The maximum Gasteiger partial charge on any atom is 0.251 e. The lowest BCUT2D eigenvalue weighted by atomic mass is 9.91. The molecule has 1 aromatic heterocycles. The Morgan fingerprint density at radius 1 is 1.16 bits per heavy atom. The standard InChI is InChI=1S/C23H30N6O2/c1-23(2)14-29(17-7-5-6-8-17)19-18(28(4)21(23)31)13-25-22(27-19)26-16-11-9-15(10-12-16)20(30)24-3/h9-13,17H,5-8,14H2,1-4H3,(H,24,30)(H,25,26,27). The number of hydrogen-bond donors (Lipinski definition) is 2. The molecule has 1 aliphatic heterocycles. The van der Waals surface area contributed by atoms with Gasteiger partial charge in [0.05, 0.1) is 11.6 Å². The summed E-state index contributed by atoms with van der Waals surface area (Å²) in [7, 11) is 3.41. The molecule has 0 unspecified atom stereocenters. The van der Waals surface area contributed by atoms with E-state index in [2.05, 4.69) is 20.5 Å². The summed E-state index contributed by atoms with van der Waals surface area (Å²) in [6.45, 7) is 4.63. The van der Waals surface area contributed by atoms with Gasteiger partial charge in [0.25, 0.3) is 5.91 Å². The van der Waals surface area contributed by atoms with Crippen LogP contribution in [0, 0.1) is 5.41 Å². The van der Waals surface area contributed by atoms with Gasteiger partial charge in [-0.1, -0.05) is 12.8 Å². The number of anilines is 4. The lowest BCUT2D eigenvalue weighted by Crippen LogP contribution is -2.45. The van der Waals surface area contributed by atoms with Crippen LogP contribution in [-0.2, 0) is 4.79 Å². The van der Waals surface area contributed by atoms with Crippen molar-refractivity contribution in [3.8, 4) is 0 Å². The Hall–Kier alpha value is -3.16. The van der Waals surface area contributed by atoms with Crippen LogP contribution >= 0.6 is 0 Å². The number of rotatable bonds is 4. The molecule has 0 atom stereocenters. The predicted molar refractivity (Wildman–Crippen MR) is 122 cm³/mol. The van der Waals surface area contributed by atoms with Crippen molar-refractivity contribution in [3.63, 3.8) is 0 Å². The lowest BCUT2D eigenvalue weighted by Gasteiger charge is -2.34. The Morgan fingerprint density at radius 3 is 2.48 bits per heavy atom. The number of carbonyl (C=O) groups excluding carboxylic acids is 2. The molecule has 8 heteroatoms. The molecule has 2 heterocycles. The van der Waals surface area contributed by atoms with Gasteiger partial charge in [-0.25, -0.2) is 4.98 Å². The van der Waals surface area contributed by atoms with Crippen molar-refractivity contribution in [3.05, 3.63) is 36.0 Å². The third kappa shape index (κ3) is 4.06. The van der Waals surface area contributed by atoms with E-state index in [1.165, 1.54) is 12.8 Å². The first-order valence-corrected chi connectivity index (χ1v) is 10.8. The molecule has 4 rings (SSSR count). The van der Waals surface area contributed by atoms with Crippen molar-refractivity contribution in [2.75, 3.05) is 35.8 Å². The van der Waals surface area contributed by atoms with Crippen LogP contribution in [0.25, 0.3) is 0 Å². The molecule has 1 saturated carbocycles. The highest BCUT2D eigenvalue weighted by Gasteiger charge is 2.41. The maximum atomic E-state index is 13.1. The van der Waals surface area contributed by atoms with Gasteiger partial charge in [-0.3, -0.25) is 9.59 Å². The van der Waals surface area contributed by atoms with Crippen molar-refractivity contribution in [1.29, 1.82) is 0 Å². The topological polar surface area (TPSA) is 90.5 Å². The first kappa shape index (κ1) is 21.1. The number of benzene rings is 1. The predicted octanol–water partition coefficient (Wildman–Crippen LogP) is 3.33. The van der Waals surface area contributed by atoms with Gasteiger partial charge in [0.2, 0.25) is 11.9 Å². The van der Waals surface area contributed by atoms with Crippen molar-refractivity contribution in [2.24, 2.45) is 5.41 Å². The molecule has 0 saturated heterocycles. The number of nitrogens with one attached hydrogen (secondary N) is 2. The van der Waals surface area contributed by atoms with E-state index in [4.69, 9.17) is 4.98 Å². The summed E-state index contributed by atoms with van der Waals surface area (Å²) in [4.78, 5) is 38.1. The summed E-state index contributed by atoms with van der Waals surface area (Å²) in [5.41, 5.74) is 1.61. The molecule has 1 fully saturated rings. The van der Waals surface area contributed by atoms with Crippen LogP contribution < -0.4 is 20.4 Å². The number of fused-ring (bicyclic) bond motifs is 1. The van der Waals surface area contributed by atoms with Crippen molar-refractivity contribution in [1.82, 2.24) is 15.3 Å². The van der Waals surface area contributed by atoms with Crippen LogP contribution in [0.15, 0.2) is 30.5 Å². The van der Waals surface area contributed by atoms with E-state index in [9.17, 15) is 9.59 Å². The minimum absolute atomic E-state index is 0.0725. The molecule has 31 heavy (non-hydrogen) atoms. The highest BCUT2D eigenvalue weighted by molar-refractivity contribution is 6.01. The highest BCUT2D eigenvalue weighted by atomic mass is 16.2. The molecule has 0 radical (unpaired) electrons. The number of amides is 2. The summed E-state index contributed by atoms with van der Waals surface area (Å²) >= 11 is 0. The van der Waals surface area contributed by atoms with Gasteiger partial charge in [0, 0.05) is 37.9 Å². The first-order chi connectivity index (χ1) is 14.8. The second-order valence-corrected chi connectivity index (χ2v) is 9.00. The Balaban J connectivity index is 1.67. The van der Waals surface area contributed by atoms with E-state index in [1.54, 1.807) is 37.3 Å². The van der Waals surface area contributed by atoms with Crippen LogP contribution in [0.2, 0.25) is 0 Å². The summed E-state index contributed by atoms with van der Waals surface area (Å²) in [6.07, 6.45) is 6.36. The summed E-state index contributed by atoms with van der Waals surface area (Å²) < 4.78 is 0. The van der Waals surface area contributed by atoms with Crippen molar-refractivity contribution >= 4 is 35.0 Å². The minimum atomic E-state index is -0.513. The number of aromatic nitrogens is 2. The normalized spacial score (nSPS) is 18.5. The fraction of sp³-hybridized carbons (Fsp3) is 0.478. The van der Waals surface area contributed by atoms with Crippen LogP contribution in [0.1, 0.15) is 49.9 Å². The molecule has 1 aromatic carbocycles. The average Bonchev–Trinajstić information content (AvgIpc) is 3.29. The van der Waals surface area contributed by atoms with Gasteiger partial charge < -0.3 is 20.4 Å². The van der Waals surface area contributed by atoms with Gasteiger partial charge >= 0.3 is 0 Å². The molecule has 164 valence electrons. The van der Waals surface area contributed by atoms with Gasteiger partial charge in [-0.15, -0.1) is 0 Å². The molecule has 2 aromatic rings. The molecule has 1 aliphatic carbocycles. The van der Waals surface area contributed by atoms with Crippen LogP contribution in [0.4, 0.5) is 23.1 Å².